The van der Waals surface area contributed by atoms with E-state index in [1.165, 1.54) is 0 Å². The third-order valence-corrected chi connectivity index (χ3v) is 4.23. The maximum atomic E-state index is 9.75. The monoisotopic (exact) mass is 317 g/mol. The van der Waals surface area contributed by atoms with E-state index in [4.69, 9.17) is 15.6 Å². The maximum Gasteiger partial charge on any atom is 0.200 e. The number of hydrogen-bond acceptors (Lipinski definition) is 3. The average molecular weight is 317 g/mol. The standard InChI is InChI=1S/C20H16N2O2/c21-13-5-7-16-18(9-13)24-19-10-14(22)6-8-17(19)20(16)15-4-2-1-3-12(15)11-23/h1-10,21,23H,11,22H2/p+1. The van der Waals surface area contributed by atoms with Gasteiger partial charge in [-0.15, -0.1) is 0 Å². The summed E-state index contributed by atoms with van der Waals surface area (Å²) >= 11 is 0. The topological polar surface area (TPSA) is 85.0 Å². The molecule has 0 atom stereocenters. The summed E-state index contributed by atoms with van der Waals surface area (Å²) in [7, 11) is 0. The summed E-state index contributed by atoms with van der Waals surface area (Å²) in [5.74, 6) is 0.691. The van der Waals surface area contributed by atoms with Crippen molar-refractivity contribution in [2.75, 3.05) is 5.73 Å². The van der Waals surface area contributed by atoms with Crippen molar-refractivity contribution < 1.29 is 14.9 Å². The van der Waals surface area contributed by atoms with Crippen molar-refractivity contribution in [1.82, 2.24) is 0 Å². The van der Waals surface area contributed by atoms with E-state index in [1.54, 1.807) is 0 Å². The fraction of sp³-hybridized carbons (Fsp3) is 0.0500. The van der Waals surface area contributed by atoms with Crippen molar-refractivity contribution in [2.45, 2.75) is 6.61 Å². The molecule has 118 valence electrons. The number of aliphatic hydroxyl groups excluding tert-OH is 1. The Bertz CT molecular complexity index is 1080. The van der Waals surface area contributed by atoms with Gasteiger partial charge < -0.3 is 15.3 Å². The minimum Gasteiger partial charge on any atom is -0.456 e. The largest absolute Gasteiger partial charge is 0.456 e. The Morgan fingerprint density at radius 3 is 2.62 bits per heavy atom. The van der Waals surface area contributed by atoms with Crippen LogP contribution in [0.5, 0.6) is 0 Å². The van der Waals surface area contributed by atoms with Crippen molar-refractivity contribution >= 4 is 16.7 Å². The molecule has 2 aromatic rings. The Hall–Kier alpha value is -3.11. The molecule has 0 amide bonds. The van der Waals surface area contributed by atoms with Crippen LogP contribution in [0.2, 0.25) is 0 Å². The molecule has 1 aliphatic heterocycles. The van der Waals surface area contributed by atoms with E-state index in [1.807, 2.05) is 60.7 Å². The van der Waals surface area contributed by atoms with Gasteiger partial charge in [0.15, 0.2) is 5.36 Å². The van der Waals surface area contributed by atoms with Crippen LogP contribution >= 0.6 is 0 Å². The molecule has 0 spiro atoms. The Kier molecular flexibility index (Phi) is 3.32. The quantitative estimate of drug-likeness (QED) is 0.390. The molecule has 4 heteroatoms. The highest BCUT2D eigenvalue weighted by atomic mass is 16.3. The molecule has 5 N–H and O–H groups in total. The van der Waals surface area contributed by atoms with Gasteiger partial charge >= 0.3 is 0 Å². The Morgan fingerprint density at radius 1 is 0.958 bits per heavy atom. The van der Waals surface area contributed by atoms with E-state index >= 15 is 0 Å². The highest BCUT2D eigenvalue weighted by Crippen LogP contribution is 2.41. The first kappa shape index (κ1) is 14.5. The lowest BCUT2D eigenvalue weighted by Crippen LogP contribution is -2.44. The normalized spacial score (nSPS) is 11.2. The third kappa shape index (κ3) is 2.25. The van der Waals surface area contributed by atoms with E-state index in [0.717, 1.165) is 27.6 Å². The molecule has 0 saturated carbocycles. The number of nitrogens with two attached hydrogens (primary N) is 2. The molecule has 4 rings (SSSR count). The van der Waals surface area contributed by atoms with Gasteiger partial charge in [-0.3, -0.25) is 5.41 Å². The van der Waals surface area contributed by atoms with E-state index in [2.05, 4.69) is 0 Å². The summed E-state index contributed by atoms with van der Waals surface area (Å²) in [4.78, 5) is 0. The molecule has 2 aromatic carbocycles. The molecule has 0 saturated heterocycles. The molecule has 0 fully saturated rings. The molecule has 2 aliphatic rings. The zero-order valence-corrected chi connectivity index (χ0v) is 13.0. The highest BCUT2D eigenvalue weighted by molar-refractivity contribution is 6.03. The summed E-state index contributed by atoms with van der Waals surface area (Å²) in [5, 5.41) is 17.2. The molecular weight excluding hydrogens is 300 g/mol. The van der Waals surface area contributed by atoms with Crippen LogP contribution in [0.4, 0.5) is 5.69 Å². The molecule has 0 unspecified atom stereocenters. The zero-order valence-electron chi connectivity index (χ0n) is 13.0. The fourth-order valence-electron chi connectivity index (χ4n) is 3.12. The lowest BCUT2D eigenvalue weighted by molar-refractivity contribution is -0.172. The second kappa shape index (κ2) is 5.51. The second-order valence-corrected chi connectivity index (χ2v) is 5.80. The Labute approximate surface area is 138 Å². The van der Waals surface area contributed by atoms with Crippen LogP contribution in [0, 0.1) is 0 Å². The number of fused-ring (bicyclic) bond motifs is 2. The van der Waals surface area contributed by atoms with Crippen molar-refractivity contribution in [1.29, 1.82) is 0 Å². The van der Waals surface area contributed by atoms with Gasteiger partial charge in [0.1, 0.15) is 11.3 Å². The summed E-state index contributed by atoms with van der Waals surface area (Å²) < 4.78 is 6.02. The number of benzene rings is 3. The summed E-state index contributed by atoms with van der Waals surface area (Å²) in [6.45, 7) is -0.0326. The number of aliphatic hydroxyl groups is 1. The number of hydrogen-bond donors (Lipinski definition) is 3. The van der Waals surface area contributed by atoms with Crippen molar-refractivity contribution in [2.24, 2.45) is 0 Å². The SMILES string of the molecule is Nc1ccc2c(-c3ccccc3CO)c3ccc(=[NH2+])cc-3oc2c1. The van der Waals surface area contributed by atoms with E-state index in [9.17, 15) is 5.11 Å². The molecular formula is C20H17N2O2+. The number of rotatable bonds is 2. The molecule has 0 aromatic heterocycles. The summed E-state index contributed by atoms with van der Waals surface area (Å²) in [5.41, 5.74) is 11.0. The minimum atomic E-state index is -0.0326. The molecule has 1 aliphatic carbocycles. The average Bonchev–Trinajstić information content (AvgIpc) is 2.59. The van der Waals surface area contributed by atoms with Gasteiger partial charge in [0.05, 0.1) is 12.7 Å². The van der Waals surface area contributed by atoms with Gasteiger partial charge in [-0.25, -0.2) is 0 Å². The first-order valence-corrected chi connectivity index (χ1v) is 7.71. The smallest absolute Gasteiger partial charge is 0.200 e. The molecule has 0 bridgehead atoms. The lowest BCUT2D eigenvalue weighted by Gasteiger charge is -2.17. The van der Waals surface area contributed by atoms with Crippen LogP contribution in [-0.2, 0) is 6.61 Å². The molecule has 1 heterocycles. The minimum absolute atomic E-state index is 0.0326. The number of anilines is 1. The molecule has 24 heavy (non-hydrogen) atoms. The van der Waals surface area contributed by atoms with Crippen LogP contribution in [0.15, 0.2) is 65.1 Å². The zero-order chi connectivity index (χ0) is 16.7. The maximum absolute atomic E-state index is 9.75. The van der Waals surface area contributed by atoms with Crippen LogP contribution in [0.3, 0.4) is 0 Å². The first-order valence-electron chi connectivity index (χ1n) is 7.71. The number of nitrogen functional groups attached to an aromatic ring is 1. The van der Waals surface area contributed by atoms with Crippen molar-refractivity contribution in [3.05, 3.63) is 71.6 Å². The third-order valence-electron chi connectivity index (χ3n) is 4.23. The van der Waals surface area contributed by atoms with E-state index in [-0.39, 0.29) is 6.61 Å². The van der Waals surface area contributed by atoms with Gasteiger partial charge in [0.2, 0.25) is 0 Å². The fourth-order valence-corrected chi connectivity index (χ4v) is 3.12. The molecule has 0 radical (unpaired) electrons. The van der Waals surface area contributed by atoms with Crippen LogP contribution in [0.1, 0.15) is 5.56 Å². The Balaban J connectivity index is 2.21. The van der Waals surface area contributed by atoms with Gasteiger partial charge in [-0.1, -0.05) is 24.3 Å². The summed E-state index contributed by atoms with van der Waals surface area (Å²) in [6.07, 6.45) is 0. The van der Waals surface area contributed by atoms with E-state index < -0.39 is 0 Å². The first-order chi connectivity index (χ1) is 11.7. The van der Waals surface area contributed by atoms with Crippen LogP contribution in [-0.4, -0.2) is 5.11 Å². The predicted octanol–water partition coefficient (Wildman–Crippen LogP) is 1.94. The van der Waals surface area contributed by atoms with Crippen molar-refractivity contribution in [3.8, 4) is 22.5 Å². The van der Waals surface area contributed by atoms with Gasteiger partial charge in [-0.05, 0) is 29.3 Å². The molecule has 4 nitrogen and oxygen atoms in total. The van der Waals surface area contributed by atoms with Crippen molar-refractivity contribution in [3.63, 3.8) is 0 Å². The van der Waals surface area contributed by atoms with Gasteiger partial charge in [-0.2, -0.15) is 0 Å². The predicted molar refractivity (Wildman–Crippen MR) is 93.7 cm³/mol. The summed E-state index contributed by atoms with van der Waals surface area (Å²) in [6, 6.07) is 19.0. The highest BCUT2D eigenvalue weighted by Gasteiger charge is 2.19. The lowest BCUT2D eigenvalue weighted by atomic mass is 9.91. The second-order valence-electron chi connectivity index (χ2n) is 5.80. The van der Waals surface area contributed by atoms with Crippen LogP contribution in [0.25, 0.3) is 33.4 Å². The Morgan fingerprint density at radius 2 is 1.79 bits per heavy atom. The van der Waals surface area contributed by atoms with Gasteiger partial charge in [0, 0.05) is 34.3 Å². The van der Waals surface area contributed by atoms with Gasteiger partial charge in [0.25, 0.3) is 0 Å². The van der Waals surface area contributed by atoms with E-state index in [0.29, 0.717) is 22.4 Å². The van der Waals surface area contributed by atoms with Crippen LogP contribution < -0.4 is 16.5 Å².